The highest BCUT2D eigenvalue weighted by atomic mass is 16.5. The Morgan fingerprint density at radius 2 is 1.61 bits per heavy atom. The van der Waals surface area contributed by atoms with Gasteiger partial charge in [-0.3, -0.25) is 15.0 Å². The molecule has 1 amide bonds. The van der Waals surface area contributed by atoms with Gasteiger partial charge in [0, 0.05) is 17.7 Å². The second-order valence-electron chi connectivity index (χ2n) is 9.11. The first kappa shape index (κ1) is 27.9. The minimum atomic E-state index is -1.23. The van der Waals surface area contributed by atoms with Crippen molar-refractivity contribution in [1.29, 1.82) is 5.41 Å². The van der Waals surface area contributed by atoms with E-state index in [2.05, 4.69) is 5.32 Å². The maximum absolute atomic E-state index is 13.1. The van der Waals surface area contributed by atoms with Crippen molar-refractivity contribution in [3.05, 3.63) is 88.5 Å². The number of esters is 1. The number of hydrogen-bond donors (Lipinski definition) is 4. The first-order chi connectivity index (χ1) is 18.1. The van der Waals surface area contributed by atoms with Crippen LogP contribution in [0.25, 0.3) is 11.1 Å². The fourth-order valence-corrected chi connectivity index (χ4v) is 4.06. The van der Waals surface area contributed by atoms with Gasteiger partial charge in [-0.05, 0) is 52.4 Å². The van der Waals surface area contributed by atoms with Gasteiger partial charge in [-0.15, -0.1) is 0 Å². The molecule has 0 aliphatic rings. The van der Waals surface area contributed by atoms with Crippen LogP contribution < -0.4 is 15.8 Å². The van der Waals surface area contributed by atoms with Crippen molar-refractivity contribution in [3.63, 3.8) is 0 Å². The maximum atomic E-state index is 13.1. The van der Waals surface area contributed by atoms with Crippen molar-refractivity contribution in [1.82, 2.24) is 5.32 Å². The summed E-state index contributed by atoms with van der Waals surface area (Å²) in [7, 11) is 2.76. The second-order valence-corrected chi connectivity index (χ2v) is 9.11. The Labute approximate surface area is 221 Å². The molecule has 3 aromatic rings. The van der Waals surface area contributed by atoms with Crippen LogP contribution in [0, 0.1) is 11.3 Å². The topological polar surface area (TPSA) is 152 Å². The molecule has 0 heterocycles. The number of carbonyl (C=O) groups excluding carboxylic acids is 2. The number of benzene rings is 3. The minimum absolute atomic E-state index is 0.104. The summed E-state index contributed by atoms with van der Waals surface area (Å²) >= 11 is 0. The van der Waals surface area contributed by atoms with Crippen molar-refractivity contribution >= 4 is 23.7 Å². The minimum Gasteiger partial charge on any atom is -0.497 e. The van der Waals surface area contributed by atoms with Crippen LogP contribution in [0.1, 0.15) is 57.2 Å². The smallest absolute Gasteiger partial charge is 0.336 e. The quantitative estimate of drug-likeness (QED) is 0.180. The first-order valence-corrected chi connectivity index (χ1v) is 11.9. The summed E-state index contributed by atoms with van der Waals surface area (Å²) in [6.45, 7) is 4.37. The molecule has 9 heteroatoms. The van der Waals surface area contributed by atoms with E-state index in [1.807, 2.05) is 13.8 Å². The van der Waals surface area contributed by atoms with Crippen molar-refractivity contribution in [2.75, 3.05) is 20.8 Å². The van der Waals surface area contributed by atoms with Gasteiger partial charge in [0.1, 0.15) is 17.5 Å². The van der Waals surface area contributed by atoms with E-state index in [9.17, 15) is 19.5 Å². The molecule has 38 heavy (non-hydrogen) atoms. The zero-order valence-corrected chi connectivity index (χ0v) is 21.7. The van der Waals surface area contributed by atoms with Crippen LogP contribution in [0.2, 0.25) is 0 Å². The van der Waals surface area contributed by atoms with Crippen molar-refractivity contribution in [2.45, 2.75) is 19.8 Å². The zero-order chi connectivity index (χ0) is 28.0. The van der Waals surface area contributed by atoms with E-state index in [1.165, 1.54) is 20.3 Å². The van der Waals surface area contributed by atoms with Gasteiger partial charge >= 0.3 is 11.9 Å². The van der Waals surface area contributed by atoms with Gasteiger partial charge in [0.2, 0.25) is 0 Å². The van der Waals surface area contributed by atoms with Crippen LogP contribution >= 0.6 is 0 Å². The van der Waals surface area contributed by atoms with Crippen LogP contribution in [0.15, 0.2) is 60.7 Å². The number of nitrogens with two attached hydrogens (primary N) is 1. The Kier molecular flexibility index (Phi) is 8.85. The highest BCUT2D eigenvalue weighted by Crippen LogP contribution is 2.38. The number of carboxylic acids is 1. The van der Waals surface area contributed by atoms with E-state index < -0.39 is 17.9 Å². The molecule has 9 nitrogen and oxygen atoms in total. The molecule has 0 aliphatic heterocycles. The molecule has 0 aromatic heterocycles. The Morgan fingerprint density at radius 1 is 0.947 bits per heavy atom. The third-order valence-electron chi connectivity index (χ3n) is 6.04. The van der Waals surface area contributed by atoms with Crippen LogP contribution in [-0.2, 0) is 9.53 Å². The number of nitrogens with one attached hydrogen (secondary N) is 2. The maximum Gasteiger partial charge on any atom is 0.336 e. The molecule has 0 aliphatic carbocycles. The SMILES string of the molecule is COC(=O)C(c1ccc(C(=N)N)cc1)c1ccc(OC)cc1-c1ccc(C(=O)NCC(C)C)cc1C(=O)O. The standard InChI is InChI=1S/C29H31N3O6/c1-16(2)15-32-27(33)19-9-11-21(24(13-19)28(34)35)23-14-20(37-3)10-12-22(23)25(29(36)38-4)17-5-7-18(8-6-17)26(30)31/h5-14,16,25H,15H2,1-4H3,(H3,30,31)(H,32,33)(H,34,35). The Balaban J connectivity index is 2.21. The predicted octanol–water partition coefficient (Wildman–Crippen LogP) is 4.04. The fraction of sp³-hybridized carbons (Fsp3) is 0.241. The Bertz CT molecular complexity index is 1370. The van der Waals surface area contributed by atoms with E-state index >= 15 is 0 Å². The Morgan fingerprint density at radius 3 is 2.16 bits per heavy atom. The van der Waals surface area contributed by atoms with E-state index in [0.717, 1.165) is 0 Å². The number of hydrogen-bond acceptors (Lipinski definition) is 6. The Hall–Kier alpha value is -4.66. The van der Waals surface area contributed by atoms with Crippen molar-refractivity contribution in [2.24, 2.45) is 11.7 Å². The fourth-order valence-electron chi connectivity index (χ4n) is 4.06. The average molecular weight is 518 g/mol. The second kappa shape index (κ2) is 12.1. The number of ether oxygens (including phenoxy) is 2. The normalized spacial score (nSPS) is 11.5. The number of nitrogen functional groups attached to an aromatic ring is 1. The number of carbonyl (C=O) groups is 3. The summed E-state index contributed by atoms with van der Waals surface area (Å²) in [4.78, 5) is 38.0. The number of amides is 1. The summed E-state index contributed by atoms with van der Waals surface area (Å²) < 4.78 is 10.5. The lowest BCUT2D eigenvalue weighted by atomic mass is 9.84. The third kappa shape index (κ3) is 6.18. The predicted molar refractivity (Wildman–Crippen MR) is 144 cm³/mol. The monoisotopic (exact) mass is 517 g/mol. The van der Waals surface area contributed by atoms with Gasteiger partial charge in [0.05, 0.1) is 19.8 Å². The third-order valence-corrected chi connectivity index (χ3v) is 6.04. The number of amidine groups is 1. The highest BCUT2D eigenvalue weighted by Gasteiger charge is 2.29. The van der Waals surface area contributed by atoms with Crippen molar-refractivity contribution < 1.29 is 29.0 Å². The summed E-state index contributed by atoms with van der Waals surface area (Å²) in [6.07, 6.45) is 0. The lowest BCUT2D eigenvalue weighted by Gasteiger charge is -2.21. The zero-order valence-electron chi connectivity index (χ0n) is 21.7. The summed E-state index contributed by atoms with van der Waals surface area (Å²) in [6, 6.07) is 16.0. The lowest BCUT2D eigenvalue weighted by Crippen LogP contribution is -2.27. The highest BCUT2D eigenvalue weighted by molar-refractivity contribution is 6.02. The molecule has 0 saturated heterocycles. The van der Waals surface area contributed by atoms with E-state index in [-0.39, 0.29) is 28.8 Å². The van der Waals surface area contributed by atoms with Gasteiger partial charge in [0.15, 0.2) is 0 Å². The molecule has 0 spiro atoms. The first-order valence-electron chi connectivity index (χ1n) is 11.9. The van der Waals surface area contributed by atoms with Gasteiger partial charge in [-0.1, -0.05) is 50.2 Å². The van der Waals surface area contributed by atoms with E-state index in [1.54, 1.807) is 54.6 Å². The molecular formula is C29H31N3O6. The number of rotatable bonds is 10. The molecule has 5 N–H and O–H groups in total. The van der Waals surface area contributed by atoms with Crippen LogP contribution in [-0.4, -0.2) is 49.6 Å². The molecule has 1 unspecified atom stereocenters. The molecule has 1 atom stereocenters. The van der Waals surface area contributed by atoms with Crippen molar-refractivity contribution in [3.8, 4) is 16.9 Å². The van der Waals surface area contributed by atoms with E-state index in [0.29, 0.717) is 40.1 Å². The average Bonchev–Trinajstić information content (AvgIpc) is 2.91. The molecule has 3 aromatic carbocycles. The van der Waals surface area contributed by atoms with Gasteiger partial charge in [-0.2, -0.15) is 0 Å². The largest absolute Gasteiger partial charge is 0.497 e. The van der Waals surface area contributed by atoms with Crippen LogP contribution in [0.3, 0.4) is 0 Å². The van der Waals surface area contributed by atoms with Gasteiger partial charge < -0.3 is 25.6 Å². The van der Waals surface area contributed by atoms with Gasteiger partial charge in [0.25, 0.3) is 5.91 Å². The molecular weight excluding hydrogens is 486 g/mol. The number of methoxy groups -OCH3 is 2. The molecule has 0 bridgehead atoms. The molecule has 3 rings (SSSR count). The van der Waals surface area contributed by atoms with Crippen LogP contribution in [0.5, 0.6) is 5.75 Å². The lowest BCUT2D eigenvalue weighted by molar-refractivity contribution is -0.141. The van der Waals surface area contributed by atoms with Gasteiger partial charge in [-0.25, -0.2) is 4.79 Å². The molecule has 198 valence electrons. The summed E-state index contributed by atoms with van der Waals surface area (Å²) in [5.41, 5.74) is 7.95. The molecule has 0 radical (unpaired) electrons. The number of aromatic carboxylic acids is 1. The van der Waals surface area contributed by atoms with Crippen LogP contribution in [0.4, 0.5) is 0 Å². The molecule has 0 fully saturated rings. The summed E-state index contributed by atoms with van der Waals surface area (Å²) in [5.74, 6) is -2.51. The van der Waals surface area contributed by atoms with E-state index in [4.69, 9.17) is 20.6 Å². The number of carboxylic acid groups (broad SMARTS) is 1. The summed E-state index contributed by atoms with van der Waals surface area (Å²) in [5, 5.41) is 20.5. The molecule has 0 saturated carbocycles.